The molecule has 5 aromatic carbocycles. The van der Waals surface area contributed by atoms with Crippen molar-refractivity contribution in [2.45, 2.75) is 79.2 Å². The van der Waals surface area contributed by atoms with Crippen LogP contribution in [-0.4, -0.2) is 34.7 Å². The summed E-state index contributed by atoms with van der Waals surface area (Å²) in [7, 11) is 0.665. The molecule has 0 aliphatic rings. The summed E-state index contributed by atoms with van der Waals surface area (Å²) in [6.45, 7) is 18.8. The molecule has 1 N–H and O–H groups in total. The number of aryl methyl sites for hydroxylation is 1. The fourth-order valence-corrected chi connectivity index (χ4v) is 7.83. The molecule has 4 nitrogen and oxygen atoms in total. The molecule has 0 saturated heterocycles. The summed E-state index contributed by atoms with van der Waals surface area (Å²) in [5, 5.41) is 9.77. The molecular weight excluding hydrogens is 933 g/mol. The standard InChI is InChI=1S/C41H42FN2Si.C7H9F3O2.Ir/c1-26(2)34-23-32(28-12-10-9-11-13-28)24-35(27(3)4)40(34)36-22-31(16-20-37(36)42)41-43-38-25-30(17-21-39(38)44(41)5)29-14-18-33(19-15-29)45(6,7)8;1-4(2)5(11)3-6(12)7(8,9)10;/h9-15,17-27H,1-8H3;3-4,12H,1-2H3;/q-1;;/b;6-3-;. The van der Waals surface area contributed by atoms with E-state index in [0.717, 1.165) is 50.2 Å². The van der Waals surface area contributed by atoms with Crippen LogP contribution in [-0.2, 0) is 31.9 Å². The summed E-state index contributed by atoms with van der Waals surface area (Å²) in [6.07, 6.45) is -4.63. The molecule has 0 spiro atoms. The van der Waals surface area contributed by atoms with Crippen molar-refractivity contribution < 1.29 is 47.6 Å². The Balaban J connectivity index is 0.000000498. The SMILES string of the molecule is CC(C)C(=O)/C=C(\O)C(F)(F)F.CC(C)c1cc(-c2ccccc2)cc(C(C)C)c1-c1cc(-c2nc3cc(-c4ccc([Si](C)(C)C)cc4)ccc3n2C)[c-]cc1F.[Ir]. The number of aliphatic hydroxyl groups is 1. The average Bonchev–Trinajstić information content (AvgIpc) is 3.49. The first-order valence-corrected chi connectivity index (χ1v) is 22.7. The van der Waals surface area contributed by atoms with Gasteiger partial charge < -0.3 is 9.67 Å². The minimum atomic E-state index is -4.83. The largest absolute Gasteiger partial charge is 0.504 e. The van der Waals surface area contributed by atoms with Crippen molar-refractivity contribution in [2.75, 3.05) is 0 Å². The molecule has 307 valence electrons. The molecule has 0 bridgehead atoms. The van der Waals surface area contributed by atoms with Gasteiger partial charge in [-0.15, -0.1) is 23.8 Å². The van der Waals surface area contributed by atoms with E-state index in [2.05, 4.69) is 137 Å². The number of fused-ring (bicyclic) bond motifs is 1. The third-order valence-electron chi connectivity index (χ3n) is 10.1. The van der Waals surface area contributed by atoms with Crippen molar-refractivity contribution in [1.82, 2.24) is 9.55 Å². The fourth-order valence-electron chi connectivity index (χ4n) is 6.67. The predicted octanol–water partition coefficient (Wildman–Crippen LogP) is 13.2. The number of ketones is 1. The van der Waals surface area contributed by atoms with Crippen LogP contribution in [0.2, 0.25) is 19.6 Å². The Morgan fingerprint density at radius 2 is 1.34 bits per heavy atom. The topological polar surface area (TPSA) is 55.1 Å². The number of nitrogens with zero attached hydrogens (tertiary/aromatic N) is 2. The van der Waals surface area contributed by atoms with E-state index in [1.54, 1.807) is 0 Å². The molecule has 6 rings (SSSR count). The average molecular weight is 984 g/mol. The molecule has 6 aromatic rings. The zero-order chi connectivity index (χ0) is 42.0. The van der Waals surface area contributed by atoms with E-state index in [-0.39, 0.29) is 43.8 Å². The van der Waals surface area contributed by atoms with E-state index < -0.39 is 31.7 Å². The maximum Gasteiger partial charge on any atom is 0.448 e. The van der Waals surface area contributed by atoms with Crippen LogP contribution in [0, 0.1) is 17.8 Å². The van der Waals surface area contributed by atoms with Crippen LogP contribution in [0.4, 0.5) is 17.6 Å². The number of rotatable bonds is 9. The number of aromatic nitrogens is 2. The third-order valence-corrected chi connectivity index (χ3v) is 12.1. The number of hydrogen-bond donors (Lipinski definition) is 1. The van der Waals surface area contributed by atoms with Crippen LogP contribution in [0.3, 0.4) is 0 Å². The van der Waals surface area contributed by atoms with Gasteiger partial charge in [0.15, 0.2) is 5.78 Å². The second kappa shape index (κ2) is 18.5. The molecule has 1 heterocycles. The van der Waals surface area contributed by atoms with Crippen molar-refractivity contribution >= 4 is 30.1 Å². The Labute approximate surface area is 354 Å². The first kappa shape index (κ1) is 46.1. The number of carbonyl (C=O) groups excluding carboxylic acids is 1. The maximum atomic E-state index is 15.9. The smallest absolute Gasteiger partial charge is 0.448 e. The second-order valence-corrected chi connectivity index (χ2v) is 21.5. The second-order valence-electron chi connectivity index (χ2n) is 16.4. The summed E-state index contributed by atoms with van der Waals surface area (Å²) >= 11 is 0. The minimum absolute atomic E-state index is 0. The molecule has 0 aliphatic carbocycles. The maximum absolute atomic E-state index is 15.9. The molecular formula is C48H51F4IrN2O2Si-. The molecule has 0 aliphatic heterocycles. The molecule has 1 aromatic heterocycles. The minimum Gasteiger partial charge on any atom is -0.504 e. The first-order chi connectivity index (χ1) is 26.7. The van der Waals surface area contributed by atoms with Crippen LogP contribution < -0.4 is 5.19 Å². The van der Waals surface area contributed by atoms with Crippen LogP contribution in [0.15, 0.2) is 109 Å². The summed E-state index contributed by atoms with van der Waals surface area (Å²) in [5.41, 5.74) is 11.3. The van der Waals surface area contributed by atoms with Gasteiger partial charge in [-0.3, -0.25) is 14.2 Å². The number of allylic oxidation sites excluding steroid dienone is 2. The van der Waals surface area contributed by atoms with Gasteiger partial charge in [0.2, 0.25) is 5.76 Å². The van der Waals surface area contributed by atoms with Gasteiger partial charge in [-0.1, -0.05) is 145 Å². The summed E-state index contributed by atoms with van der Waals surface area (Å²) < 4.78 is 52.8. The van der Waals surface area contributed by atoms with Gasteiger partial charge in [-0.05, 0) is 62.9 Å². The Bertz CT molecular complexity index is 2380. The number of halogens is 4. The van der Waals surface area contributed by atoms with Crippen LogP contribution in [0.25, 0.3) is 55.8 Å². The van der Waals surface area contributed by atoms with E-state index in [0.29, 0.717) is 5.56 Å². The van der Waals surface area contributed by atoms with Gasteiger partial charge in [-0.25, -0.2) is 0 Å². The summed E-state index contributed by atoms with van der Waals surface area (Å²) in [4.78, 5) is 15.7. The Kier molecular flexibility index (Phi) is 14.7. The molecule has 0 atom stereocenters. The predicted molar refractivity (Wildman–Crippen MR) is 229 cm³/mol. The van der Waals surface area contributed by atoms with E-state index in [1.807, 2.05) is 19.2 Å². The molecule has 0 fully saturated rings. The van der Waals surface area contributed by atoms with Gasteiger partial charge in [0, 0.05) is 45.0 Å². The Morgan fingerprint density at radius 1 is 0.793 bits per heavy atom. The summed E-state index contributed by atoms with van der Waals surface area (Å²) in [5.74, 6) is -2.21. The molecule has 0 unspecified atom stereocenters. The zero-order valence-corrected chi connectivity index (χ0v) is 38.0. The molecule has 58 heavy (non-hydrogen) atoms. The Morgan fingerprint density at radius 3 is 1.86 bits per heavy atom. The zero-order valence-electron chi connectivity index (χ0n) is 34.6. The number of imidazole rings is 1. The Hall–Kier alpha value is -4.63. The van der Waals surface area contributed by atoms with E-state index >= 15 is 4.39 Å². The quantitative estimate of drug-likeness (QED) is 0.0516. The van der Waals surface area contributed by atoms with Gasteiger partial charge in [0.1, 0.15) is 0 Å². The third kappa shape index (κ3) is 10.5. The van der Waals surface area contributed by atoms with Gasteiger partial charge in [0.05, 0.1) is 24.9 Å². The van der Waals surface area contributed by atoms with E-state index in [4.69, 9.17) is 10.1 Å². The van der Waals surface area contributed by atoms with Crippen LogP contribution >= 0.6 is 0 Å². The van der Waals surface area contributed by atoms with Crippen LogP contribution in [0.5, 0.6) is 0 Å². The number of alkyl halides is 3. The molecule has 10 heteroatoms. The molecule has 0 saturated carbocycles. The van der Waals surface area contributed by atoms with Gasteiger partial charge >= 0.3 is 6.18 Å². The van der Waals surface area contributed by atoms with Crippen molar-refractivity contribution in [2.24, 2.45) is 13.0 Å². The van der Waals surface area contributed by atoms with E-state index in [1.165, 1.54) is 36.2 Å². The van der Waals surface area contributed by atoms with Crippen molar-refractivity contribution in [3.05, 3.63) is 132 Å². The summed E-state index contributed by atoms with van der Waals surface area (Å²) in [6, 6.07) is 37.0. The fraction of sp³-hybridized carbons (Fsp3) is 0.292. The van der Waals surface area contributed by atoms with Gasteiger partial charge in [0.25, 0.3) is 0 Å². The van der Waals surface area contributed by atoms with Crippen LogP contribution in [0.1, 0.15) is 64.5 Å². The van der Waals surface area contributed by atoms with E-state index in [9.17, 15) is 18.0 Å². The number of hydrogen-bond acceptors (Lipinski definition) is 3. The monoisotopic (exact) mass is 984 g/mol. The number of benzene rings is 5. The van der Waals surface area contributed by atoms with Gasteiger partial charge in [-0.2, -0.15) is 13.2 Å². The molecule has 0 amide bonds. The molecule has 1 radical (unpaired) electrons. The number of carbonyl (C=O) groups is 1. The number of aliphatic hydroxyl groups excluding tert-OH is 1. The van der Waals surface area contributed by atoms with Crippen molar-refractivity contribution in [3.8, 4) is 44.8 Å². The van der Waals surface area contributed by atoms with Crippen molar-refractivity contribution in [3.63, 3.8) is 0 Å². The first-order valence-electron chi connectivity index (χ1n) is 19.2. The normalized spacial score (nSPS) is 12.2. The van der Waals surface area contributed by atoms with Crippen molar-refractivity contribution in [1.29, 1.82) is 0 Å².